The number of hydrogen-bond donors (Lipinski definition) is 8. The number of pyridine rings is 2. The molecule has 4 amide bonds. The van der Waals surface area contributed by atoms with Crippen LogP contribution < -0.4 is 31.4 Å². The van der Waals surface area contributed by atoms with E-state index in [0.717, 1.165) is 95.2 Å². The molecular weight excluding hydrogens is 1800 g/mol. The normalized spacial score (nSPS) is 16.5. The zero-order chi connectivity index (χ0) is 97.2. The number of carbonyl (C=O) groups excluding carboxylic acids is 4. The van der Waals surface area contributed by atoms with Gasteiger partial charge in [-0.05, 0) is 216 Å². The van der Waals surface area contributed by atoms with Crippen molar-refractivity contribution in [3.05, 3.63) is 160 Å². The summed E-state index contributed by atoms with van der Waals surface area (Å²) in [6.07, 6.45) is 17.5. The molecule has 710 valence electrons. The minimum atomic E-state index is -4.43. The predicted molar refractivity (Wildman–Crippen MR) is 492 cm³/mol. The molecule has 128 heavy (non-hydrogen) atoms. The van der Waals surface area contributed by atoms with Gasteiger partial charge in [0.1, 0.15) is 49.5 Å². The first-order valence-electron chi connectivity index (χ1n) is 41.1. The lowest BCUT2D eigenvalue weighted by atomic mass is 9.91. The zero-order valence-electron chi connectivity index (χ0n) is 76.6. The Bertz CT molecular complexity index is 5190. The van der Waals surface area contributed by atoms with Crippen LogP contribution in [0, 0.1) is 29.6 Å². The van der Waals surface area contributed by atoms with Gasteiger partial charge in [0.15, 0.2) is 15.1 Å². The predicted octanol–water partition coefficient (Wildman–Crippen LogP) is 15.7. The Morgan fingerprint density at radius 1 is 0.484 bits per heavy atom. The summed E-state index contributed by atoms with van der Waals surface area (Å²) in [4.78, 5) is 103. The van der Waals surface area contributed by atoms with Gasteiger partial charge in [-0.15, -0.1) is 0 Å². The highest BCUT2D eigenvalue weighted by Crippen LogP contribution is 2.39. The molecule has 6 aromatic heterocycles. The van der Waals surface area contributed by atoms with E-state index in [1.54, 1.807) is 4.90 Å². The molecule has 3 saturated heterocycles. The van der Waals surface area contributed by atoms with Crippen LogP contribution in [-0.2, 0) is 60.9 Å². The summed E-state index contributed by atoms with van der Waals surface area (Å²) >= 11 is 20.2. The van der Waals surface area contributed by atoms with Gasteiger partial charge in [-0.25, -0.2) is 80.9 Å². The molecule has 0 spiro atoms. The average Bonchev–Trinajstić information content (AvgIpc) is 1.68. The number of halogens is 5. The van der Waals surface area contributed by atoms with Crippen molar-refractivity contribution in [2.75, 3.05) is 49.9 Å². The first kappa shape index (κ1) is 111. The van der Waals surface area contributed by atoms with Crippen LogP contribution in [0.3, 0.4) is 0 Å². The van der Waals surface area contributed by atoms with Crippen molar-refractivity contribution in [3.63, 3.8) is 0 Å². The first-order chi connectivity index (χ1) is 58.8. The van der Waals surface area contributed by atoms with Crippen LogP contribution in [-0.4, -0.2) is 198 Å². The van der Waals surface area contributed by atoms with E-state index in [9.17, 15) is 58.0 Å². The second kappa shape index (κ2) is 47.7. The number of benzene rings is 1. The first-order valence-corrected chi connectivity index (χ1v) is 47.4. The Morgan fingerprint density at radius 2 is 0.820 bits per heavy atom. The summed E-state index contributed by atoms with van der Waals surface area (Å²) in [6, 6.07) is 15.6. The highest BCUT2D eigenvalue weighted by molar-refractivity contribution is 7.90. The smallest absolute Gasteiger partial charge is 0.410 e. The lowest BCUT2D eigenvalue weighted by molar-refractivity contribution is 0.0118. The summed E-state index contributed by atoms with van der Waals surface area (Å²) in [7, 11) is -12.1. The number of amides is 4. The van der Waals surface area contributed by atoms with Crippen LogP contribution in [0.25, 0.3) is 0 Å². The molecule has 3 unspecified atom stereocenters. The van der Waals surface area contributed by atoms with Crippen molar-refractivity contribution in [1.82, 2.24) is 69.3 Å². The largest absolute Gasteiger partial charge is 0.478 e. The van der Waals surface area contributed by atoms with E-state index in [1.807, 2.05) is 150 Å². The van der Waals surface area contributed by atoms with Crippen molar-refractivity contribution < 1.29 is 77.3 Å². The van der Waals surface area contributed by atoms with Gasteiger partial charge in [0, 0.05) is 77.3 Å². The van der Waals surface area contributed by atoms with E-state index in [2.05, 4.69) is 113 Å². The number of rotatable bonds is 20. The molecule has 3 aliphatic rings. The molecule has 1 aromatic carbocycles. The lowest BCUT2D eigenvalue weighted by Gasteiger charge is -2.33. The minimum Gasteiger partial charge on any atom is -0.478 e. The van der Waals surface area contributed by atoms with Gasteiger partial charge in [-0.2, -0.15) is 29.8 Å². The fourth-order valence-electron chi connectivity index (χ4n) is 13.0. The molecule has 10 N–H and O–H groups in total. The quantitative estimate of drug-likeness (QED) is 0.0152. The summed E-state index contributed by atoms with van der Waals surface area (Å²) in [5.41, 5.74) is 4.01. The molecule has 3 atom stereocenters. The highest BCUT2D eigenvalue weighted by Gasteiger charge is 2.46. The summed E-state index contributed by atoms with van der Waals surface area (Å²) < 4.78 is 115. The Balaban J connectivity index is 0.000000340. The molecule has 10 rings (SSSR count). The maximum atomic E-state index is 14.5. The molecule has 0 bridgehead atoms. The van der Waals surface area contributed by atoms with E-state index in [1.165, 1.54) is 60.8 Å². The van der Waals surface area contributed by atoms with Crippen LogP contribution in [0.5, 0.6) is 0 Å². The number of hydrogen-bond acceptors (Lipinski definition) is 28. The molecule has 43 heteroatoms. The molecule has 7 aromatic rings. The summed E-state index contributed by atoms with van der Waals surface area (Å²) in [6.45, 7) is 44.3. The van der Waals surface area contributed by atoms with E-state index in [4.69, 9.17) is 70.1 Å². The fourth-order valence-corrected chi connectivity index (χ4v) is 15.5. The number of ether oxygens (including phenoxy) is 3. The zero-order valence-corrected chi connectivity index (χ0v) is 82.2. The van der Waals surface area contributed by atoms with Crippen LogP contribution in [0.1, 0.15) is 241 Å². The van der Waals surface area contributed by atoms with Crippen LogP contribution in [0.2, 0.25) is 15.5 Å². The number of carboxylic acid groups (broad SMARTS) is 1. The topological polar surface area (TPSA) is 488 Å². The number of aromatic nitrogens is 10. The van der Waals surface area contributed by atoms with Gasteiger partial charge < -0.3 is 50.4 Å². The van der Waals surface area contributed by atoms with E-state index in [-0.39, 0.29) is 61.3 Å². The van der Waals surface area contributed by atoms with Crippen molar-refractivity contribution in [2.45, 2.75) is 268 Å². The molecule has 3 fully saturated rings. The van der Waals surface area contributed by atoms with Crippen LogP contribution >= 0.6 is 47.4 Å². The van der Waals surface area contributed by atoms with Crippen molar-refractivity contribution in [3.8, 4) is 0 Å². The maximum absolute atomic E-state index is 14.5. The molecule has 0 aliphatic carbocycles. The number of primary sulfonamides is 2. The second-order valence-electron chi connectivity index (χ2n) is 37.4. The Morgan fingerprint density at radius 3 is 1.12 bits per heavy atom. The Labute approximate surface area is 772 Å². The van der Waals surface area contributed by atoms with Crippen molar-refractivity contribution in [1.29, 1.82) is 0 Å². The minimum absolute atomic E-state index is 0.00322. The van der Waals surface area contributed by atoms with Gasteiger partial charge in [-0.1, -0.05) is 107 Å². The third kappa shape index (κ3) is 39.4. The number of nitrogens with two attached hydrogens (primary N) is 3. The summed E-state index contributed by atoms with van der Waals surface area (Å²) in [5, 5.41) is 24.1. The Kier molecular flexibility index (Phi) is 41.5. The van der Waals surface area contributed by atoms with Crippen molar-refractivity contribution in [2.24, 2.45) is 33.8 Å². The van der Waals surface area contributed by atoms with Gasteiger partial charge in [-0.3, -0.25) is 24.7 Å². The third-order valence-corrected chi connectivity index (χ3v) is 22.6. The monoisotopic (exact) mass is 1920 g/mol. The maximum Gasteiger partial charge on any atom is 0.410 e. The van der Waals surface area contributed by atoms with E-state index >= 15 is 0 Å². The standard InChI is InChI=1S/C28H41FN6O5S.C18H31N5O4S.C14H28N2O2.C10H12FNO2.C7H8S.C4H2Cl2N2.C4H4ClN3O2S/c1-26(2,3)20-12-11-19(23(29)32-20)24(36)34-41(38,39)22-16-30-15-21(33-22)31-13-9-10-18-14-28(7,8)35(17-18)25(37)40-27(4,5)6;1-17(2,3)27-16(24)23-12-13(9-18(23,4)5)7-6-8-21-14-10-20-11-15(22-14)28(19,25)26;1-13(2,3)18-12(17)16-10-11(7-6-8-15)9-14(16,4)5;1-10(2,3)7-5-4-6(9(13)14)8(11)12-7;8-6-7-4-2-1-3-5-7;5-3-1-7-2-4(6)8-3;5-3-1-7-2-4(8-3)11(6,9)10/h11-12,15-16,18H,9-10,13-14,17H2,1-8H3,(H,31,33)(H,34,36);10-11,13H,6-9,12H2,1-5H3,(H,21,22)(H2,19,25,26);11H,6-10,15H2,1-5H3;4-5H,1-3H3,(H,13,14);1-5,8H,6H2;1-2H;1-2H,(H2,6,9,10). The van der Waals surface area contributed by atoms with Crippen molar-refractivity contribution >= 4 is 119 Å². The third-order valence-electron chi connectivity index (χ3n) is 18.9. The molecule has 0 radical (unpaired) electrons. The SMILES string of the molecule is CC(C)(C)OC(=O)N1CC(CCCN)CC1(C)C.CC(C)(C)OC(=O)N1CC(CCCNc2cncc(S(=O)(=O)NC(=O)c3ccc(C(C)(C)C)nc3F)n2)CC1(C)C.CC(C)(C)OC(=O)N1CC(CCCNc2cncc(S(N)(=O)=O)n2)CC1(C)C.CC(C)(C)c1ccc(C(=O)O)c(F)n1.Clc1cncc(Cl)n1.NS(=O)(=O)c1cncc(Cl)n1.SCc1ccccc1. The van der Waals surface area contributed by atoms with Gasteiger partial charge in [0.25, 0.3) is 36.0 Å². The highest BCUT2D eigenvalue weighted by atomic mass is 35.5. The van der Waals surface area contributed by atoms with Crippen LogP contribution in [0.15, 0.2) is 119 Å². The number of aromatic carboxylic acids is 1. The number of carboxylic acids is 1. The number of carbonyl (C=O) groups is 5. The van der Waals surface area contributed by atoms with Crippen LogP contribution in [0.4, 0.5) is 34.8 Å². The van der Waals surface area contributed by atoms with Gasteiger partial charge in [0.2, 0.25) is 11.9 Å². The number of sulfonamides is 3. The number of thiol groups is 1. The molecular formula is C85H126Cl3F2N19O15S4. The second-order valence-corrected chi connectivity index (χ2v) is 43.5. The van der Waals surface area contributed by atoms with Gasteiger partial charge in [0.05, 0.1) is 55.1 Å². The van der Waals surface area contributed by atoms with E-state index < -0.39 is 92.2 Å². The number of anilines is 2. The summed E-state index contributed by atoms with van der Waals surface area (Å²) in [5.74, 6) is -1.80. The molecule has 3 aliphatic heterocycles. The fraction of sp³-hybridized carbons (Fsp3) is 0.565. The lowest BCUT2D eigenvalue weighted by Crippen LogP contribution is -2.45. The molecule has 34 nitrogen and oxygen atoms in total. The molecule has 0 saturated carbocycles. The number of nitrogens with one attached hydrogen (secondary N) is 3. The average molecular weight is 1930 g/mol. The number of nitrogens with zero attached hydrogens (tertiary/aromatic N) is 13. The van der Waals surface area contributed by atoms with Gasteiger partial charge >= 0.3 is 24.2 Å². The van der Waals surface area contributed by atoms with E-state index in [0.29, 0.717) is 71.4 Å². The number of likely N-dealkylation sites (tertiary alicyclic amines) is 3. The Hall–Kier alpha value is -9.00. The molecule has 9 heterocycles.